The predicted molar refractivity (Wildman–Crippen MR) is 122 cm³/mol. The Kier molecular flexibility index (Phi) is 8.66. The number of hydrazine groups is 1. The highest BCUT2D eigenvalue weighted by Gasteiger charge is 2.31. The minimum atomic E-state index is -0.715. The average Bonchev–Trinajstić information content (AvgIpc) is 3.29. The molecular formula is C21H33ClFN7O3. The zero-order valence-electron chi connectivity index (χ0n) is 19.3. The molecule has 2 amide bonds. The smallest absolute Gasteiger partial charge is 0.243 e. The normalized spacial score (nSPS) is 22.8. The molecule has 33 heavy (non-hydrogen) atoms. The third-order valence-electron chi connectivity index (χ3n) is 6.67. The lowest BCUT2D eigenvalue weighted by atomic mass is 9.92. The highest BCUT2D eigenvalue weighted by Crippen LogP contribution is 2.31. The number of carbonyl (C=O) groups excluding carboxylic acids is 2. The van der Waals surface area contributed by atoms with Gasteiger partial charge in [0, 0.05) is 25.2 Å². The Balaban J connectivity index is 1.72. The van der Waals surface area contributed by atoms with E-state index < -0.39 is 17.6 Å². The molecule has 2 heterocycles. The van der Waals surface area contributed by atoms with Crippen molar-refractivity contribution in [3.63, 3.8) is 0 Å². The number of amides is 2. The zero-order chi connectivity index (χ0) is 24.1. The van der Waals surface area contributed by atoms with Crippen LogP contribution in [-0.4, -0.2) is 76.2 Å². The number of nitrogens with zero attached hydrogens (tertiary/aromatic N) is 5. The molecule has 0 spiro atoms. The van der Waals surface area contributed by atoms with Crippen molar-refractivity contribution in [3.8, 4) is 0 Å². The van der Waals surface area contributed by atoms with Gasteiger partial charge in [0.1, 0.15) is 0 Å². The van der Waals surface area contributed by atoms with E-state index in [0.29, 0.717) is 23.9 Å². The van der Waals surface area contributed by atoms with Crippen molar-refractivity contribution in [3.05, 3.63) is 11.1 Å². The minimum absolute atomic E-state index is 0.00350. The van der Waals surface area contributed by atoms with E-state index in [1.54, 1.807) is 0 Å². The third-order valence-corrected chi connectivity index (χ3v) is 6.84. The fourth-order valence-electron chi connectivity index (χ4n) is 4.68. The van der Waals surface area contributed by atoms with E-state index >= 15 is 4.39 Å². The number of likely N-dealkylation sites (N-methyl/N-ethyl adjacent to an activating group) is 1. The molecule has 0 radical (unpaired) electrons. The maximum atomic E-state index is 15.3. The largest absolute Gasteiger partial charge is 0.348 e. The van der Waals surface area contributed by atoms with E-state index in [1.165, 1.54) is 0 Å². The van der Waals surface area contributed by atoms with Crippen LogP contribution in [0.3, 0.4) is 0 Å². The molecule has 1 saturated heterocycles. The molecule has 0 unspecified atom stereocenters. The predicted octanol–water partition coefficient (Wildman–Crippen LogP) is 2.29. The summed E-state index contributed by atoms with van der Waals surface area (Å²) in [5.41, 5.74) is 5.00. The maximum Gasteiger partial charge on any atom is 0.243 e. The van der Waals surface area contributed by atoms with E-state index in [9.17, 15) is 14.8 Å². The standard InChI is InChI=1S/C21H33ClFN7O3/c1-13-10-30(14(2)9-28(13)3)19-17(23)18(24-21(22)25-19)26-27-20(32)16(11-29(33)12-31)8-15-6-4-5-7-15/h12-16,33H,4-11H2,1-3H3,(H,27,32)(H,24,25,26)/t13-,14+,16-/m1/s1. The van der Waals surface area contributed by atoms with E-state index in [-0.39, 0.29) is 42.0 Å². The van der Waals surface area contributed by atoms with Gasteiger partial charge in [0.25, 0.3) is 0 Å². The number of aromatic nitrogens is 2. The van der Waals surface area contributed by atoms with Gasteiger partial charge in [-0.25, -0.2) is 5.06 Å². The van der Waals surface area contributed by atoms with Crippen molar-refractivity contribution in [1.82, 2.24) is 25.4 Å². The molecule has 3 atom stereocenters. The molecule has 1 aromatic heterocycles. The summed E-state index contributed by atoms with van der Waals surface area (Å²) in [7, 11) is 2.02. The van der Waals surface area contributed by atoms with E-state index in [1.807, 2.05) is 25.8 Å². The van der Waals surface area contributed by atoms with Crippen LogP contribution in [0.5, 0.6) is 0 Å². The first kappa shape index (κ1) is 25.4. The summed E-state index contributed by atoms with van der Waals surface area (Å²) in [6.07, 6.45) is 4.99. The number of anilines is 2. The molecule has 1 aromatic rings. The summed E-state index contributed by atoms with van der Waals surface area (Å²) in [6, 6.07) is 0.199. The second kappa shape index (κ2) is 11.3. The molecule has 10 nitrogen and oxygen atoms in total. The van der Waals surface area contributed by atoms with Crippen molar-refractivity contribution in [2.45, 2.75) is 58.0 Å². The highest BCUT2D eigenvalue weighted by molar-refractivity contribution is 6.28. The summed E-state index contributed by atoms with van der Waals surface area (Å²) < 4.78 is 15.3. The Morgan fingerprint density at radius 2 is 2.00 bits per heavy atom. The van der Waals surface area contributed by atoms with Gasteiger partial charge in [-0.05, 0) is 44.8 Å². The van der Waals surface area contributed by atoms with E-state index in [4.69, 9.17) is 11.6 Å². The maximum absolute atomic E-state index is 15.3. The first-order chi connectivity index (χ1) is 15.7. The number of rotatable bonds is 9. The van der Waals surface area contributed by atoms with Crippen LogP contribution in [0.1, 0.15) is 46.0 Å². The van der Waals surface area contributed by atoms with Gasteiger partial charge in [-0.2, -0.15) is 14.4 Å². The average molecular weight is 486 g/mol. The fourth-order valence-corrected chi connectivity index (χ4v) is 4.85. The number of nitrogens with one attached hydrogen (secondary N) is 2. The molecule has 12 heteroatoms. The molecular weight excluding hydrogens is 453 g/mol. The summed E-state index contributed by atoms with van der Waals surface area (Å²) in [5.74, 6) is -1.67. The third kappa shape index (κ3) is 6.42. The topological polar surface area (TPSA) is 114 Å². The van der Waals surface area contributed by atoms with Crippen molar-refractivity contribution in [1.29, 1.82) is 0 Å². The van der Waals surface area contributed by atoms with Crippen molar-refractivity contribution in [2.75, 3.05) is 37.0 Å². The van der Waals surface area contributed by atoms with E-state index in [0.717, 1.165) is 32.2 Å². The van der Waals surface area contributed by atoms with E-state index in [2.05, 4.69) is 25.7 Å². The summed E-state index contributed by atoms with van der Waals surface area (Å²) in [5, 5.41) is 9.93. The Labute approximate surface area is 198 Å². The van der Waals surface area contributed by atoms with Crippen LogP contribution < -0.4 is 15.8 Å². The van der Waals surface area contributed by atoms with Gasteiger partial charge in [0.05, 0.1) is 12.5 Å². The Hall–Kier alpha value is -2.24. The molecule has 2 fully saturated rings. The number of piperazine rings is 1. The minimum Gasteiger partial charge on any atom is -0.348 e. The molecule has 3 N–H and O–H groups in total. The van der Waals surface area contributed by atoms with Crippen molar-refractivity contribution in [2.24, 2.45) is 11.8 Å². The zero-order valence-corrected chi connectivity index (χ0v) is 20.1. The van der Waals surface area contributed by atoms with Crippen LogP contribution in [0.25, 0.3) is 0 Å². The number of hydroxylamine groups is 2. The van der Waals surface area contributed by atoms with Gasteiger partial charge in [-0.15, -0.1) is 0 Å². The van der Waals surface area contributed by atoms with Crippen LogP contribution >= 0.6 is 11.6 Å². The molecule has 0 aromatic carbocycles. The molecule has 1 aliphatic heterocycles. The summed E-state index contributed by atoms with van der Waals surface area (Å²) in [4.78, 5) is 35.7. The number of carbonyl (C=O) groups is 2. The van der Waals surface area contributed by atoms with Crippen LogP contribution in [0.15, 0.2) is 0 Å². The molecule has 3 rings (SSSR count). The lowest BCUT2D eigenvalue weighted by molar-refractivity contribution is -0.154. The number of hydrogen-bond acceptors (Lipinski definition) is 8. The Bertz CT molecular complexity index is 842. The van der Waals surface area contributed by atoms with Crippen LogP contribution in [-0.2, 0) is 9.59 Å². The molecule has 0 bridgehead atoms. The summed E-state index contributed by atoms with van der Waals surface area (Å²) in [6.45, 7) is 5.18. The van der Waals surface area contributed by atoms with Crippen LogP contribution in [0.2, 0.25) is 5.28 Å². The number of halogens is 2. The number of hydrogen-bond donors (Lipinski definition) is 3. The second-order valence-electron chi connectivity index (χ2n) is 9.19. The SMILES string of the molecule is C[C@@H]1CN(c2nc(Cl)nc(NNC(=O)[C@H](CC3CCCC3)CN(O)C=O)c2F)[C@@H](C)CN1C. The van der Waals surface area contributed by atoms with Gasteiger partial charge in [-0.1, -0.05) is 25.7 Å². The molecule has 184 valence electrons. The van der Waals surface area contributed by atoms with Crippen LogP contribution in [0.4, 0.5) is 16.0 Å². The molecule has 1 saturated carbocycles. The second-order valence-corrected chi connectivity index (χ2v) is 9.53. The van der Waals surface area contributed by atoms with Crippen molar-refractivity contribution < 1.29 is 19.2 Å². The van der Waals surface area contributed by atoms with Crippen molar-refractivity contribution >= 4 is 35.6 Å². The summed E-state index contributed by atoms with van der Waals surface area (Å²) >= 11 is 6.08. The molecule has 2 aliphatic rings. The molecule has 1 aliphatic carbocycles. The Morgan fingerprint density at radius 3 is 2.67 bits per heavy atom. The Morgan fingerprint density at radius 1 is 1.30 bits per heavy atom. The fraction of sp³-hybridized carbons (Fsp3) is 0.714. The lowest BCUT2D eigenvalue weighted by Gasteiger charge is -2.43. The lowest BCUT2D eigenvalue weighted by Crippen LogP contribution is -2.55. The van der Waals surface area contributed by atoms with Gasteiger partial charge in [0.15, 0.2) is 11.6 Å². The van der Waals surface area contributed by atoms with Gasteiger partial charge < -0.3 is 4.90 Å². The quantitative estimate of drug-likeness (QED) is 0.211. The highest BCUT2D eigenvalue weighted by atomic mass is 35.5. The van der Waals surface area contributed by atoms with Gasteiger partial charge in [0.2, 0.25) is 23.4 Å². The van der Waals surface area contributed by atoms with Crippen LogP contribution in [0, 0.1) is 17.7 Å². The van der Waals surface area contributed by atoms with Gasteiger partial charge in [-0.3, -0.25) is 30.5 Å². The first-order valence-electron chi connectivity index (χ1n) is 11.4. The first-order valence-corrected chi connectivity index (χ1v) is 11.7. The monoisotopic (exact) mass is 485 g/mol. The van der Waals surface area contributed by atoms with Gasteiger partial charge >= 0.3 is 0 Å².